The molecule has 2 heterocycles. The number of rotatable bonds is 5. The van der Waals surface area contributed by atoms with E-state index in [2.05, 4.69) is 39.5 Å². The third-order valence-corrected chi connectivity index (χ3v) is 7.48. The number of anilines is 1. The molecule has 1 amide bonds. The van der Waals surface area contributed by atoms with E-state index in [0.29, 0.717) is 10.8 Å². The normalized spacial score (nSPS) is 22.7. The van der Waals surface area contributed by atoms with Gasteiger partial charge < -0.3 is 9.64 Å². The molecule has 0 bridgehead atoms. The minimum atomic E-state index is -0.378. The molecule has 2 aliphatic rings. The predicted octanol–water partition coefficient (Wildman–Crippen LogP) is 6.42. The molecule has 1 aliphatic carbocycles. The van der Waals surface area contributed by atoms with E-state index in [-0.39, 0.29) is 29.3 Å². The van der Waals surface area contributed by atoms with Gasteiger partial charge in [-0.15, -0.1) is 11.3 Å². The molecule has 1 unspecified atom stereocenters. The molecular formula is C26H37NO3S. The number of ether oxygens (including phenoxy) is 1. The first kappa shape index (κ1) is 23.9. The quantitative estimate of drug-likeness (QED) is 0.389. The zero-order valence-electron chi connectivity index (χ0n) is 19.8. The van der Waals surface area contributed by atoms with Crippen LogP contribution in [0.2, 0.25) is 0 Å². The number of nitrogens with zero attached hydrogens (tertiary/aromatic N) is 1. The fraction of sp³-hybridized carbons (Fsp3) is 0.692. The topological polar surface area (TPSA) is 46.6 Å². The Morgan fingerprint density at radius 1 is 1.19 bits per heavy atom. The minimum Gasteiger partial charge on any atom is -0.465 e. The van der Waals surface area contributed by atoms with Crippen LogP contribution in [-0.2, 0) is 9.53 Å². The predicted molar refractivity (Wildman–Crippen MR) is 127 cm³/mol. The van der Waals surface area contributed by atoms with E-state index in [0.717, 1.165) is 36.2 Å². The highest BCUT2D eigenvalue weighted by Crippen LogP contribution is 2.42. The molecule has 0 spiro atoms. The third-order valence-electron chi connectivity index (χ3n) is 6.46. The van der Waals surface area contributed by atoms with Crippen molar-refractivity contribution in [2.75, 3.05) is 12.0 Å². The van der Waals surface area contributed by atoms with Crippen LogP contribution in [0, 0.1) is 29.1 Å². The number of methoxy groups -OCH3 is 1. The molecule has 5 heteroatoms. The van der Waals surface area contributed by atoms with Crippen molar-refractivity contribution in [1.29, 1.82) is 0 Å². The van der Waals surface area contributed by atoms with Gasteiger partial charge in [0.2, 0.25) is 5.91 Å². The summed E-state index contributed by atoms with van der Waals surface area (Å²) in [6, 6.07) is 2.12. The smallest absolute Gasteiger partial charge is 0.350 e. The first-order valence-corrected chi connectivity index (χ1v) is 12.6. The first-order valence-electron chi connectivity index (χ1n) is 11.8. The second kappa shape index (κ2) is 10.2. The van der Waals surface area contributed by atoms with Crippen LogP contribution < -0.4 is 4.90 Å². The molecule has 1 aromatic heterocycles. The van der Waals surface area contributed by atoms with Crippen molar-refractivity contribution in [2.45, 2.75) is 91.5 Å². The standard InChI is InChI=1S/C26H37NO3S/c1-6-10-19-13-14-21(18-11-8-7-9-12-18)27(24(19)28)22-17-20(15-16-26(2,3)4)31-23(22)25(29)30-5/h17-19,21H,6-14H2,1-5H3/t19-,21?/m0/s1. The maximum Gasteiger partial charge on any atom is 0.350 e. The van der Waals surface area contributed by atoms with Crippen molar-refractivity contribution >= 4 is 28.9 Å². The average Bonchev–Trinajstić information content (AvgIpc) is 3.17. The van der Waals surface area contributed by atoms with Crippen LogP contribution in [0.1, 0.15) is 100 Å². The highest BCUT2D eigenvalue weighted by molar-refractivity contribution is 7.15. The van der Waals surface area contributed by atoms with Crippen molar-refractivity contribution in [3.8, 4) is 11.8 Å². The maximum absolute atomic E-state index is 13.7. The molecule has 0 aromatic carbocycles. The largest absolute Gasteiger partial charge is 0.465 e. The molecule has 31 heavy (non-hydrogen) atoms. The van der Waals surface area contributed by atoms with Crippen molar-refractivity contribution in [1.82, 2.24) is 0 Å². The number of carbonyl (C=O) groups is 2. The molecular weight excluding hydrogens is 406 g/mol. The Hall–Kier alpha value is -1.80. The highest BCUT2D eigenvalue weighted by atomic mass is 32.1. The second-order valence-corrected chi connectivity index (χ2v) is 11.1. The summed E-state index contributed by atoms with van der Waals surface area (Å²) in [5.41, 5.74) is 0.587. The molecule has 1 saturated heterocycles. The van der Waals surface area contributed by atoms with E-state index in [4.69, 9.17) is 4.74 Å². The fourth-order valence-electron chi connectivity index (χ4n) is 4.97. The number of hydrogen-bond acceptors (Lipinski definition) is 4. The number of esters is 1. The molecule has 0 N–H and O–H groups in total. The van der Waals surface area contributed by atoms with E-state index < -0.39 is 0 Å². The molecule has 2 atom stereocenters. The van der Waals surface area contributed by atoms with Gasteiger partial charge in [0.25, 0.3) is 0 Å². The van der Waals surface area contributed by atoms with Gasteiger partial charge >= 0.3 is 5.97 Å². The van der Waals surface area contributed by atoms with Crippen molar-refractivity contribution < 1.29 is 14.3 Å². The molecule has 0 radical (unpaired) electrons. The van der Waals surface area contributed by atoms with Crippen molar-refractivity contribution in [3.63, 3.8) is 0 Å². The van der Waals surface area contributed by atoms with Gasteiger partial charge in [0.15, 0.2) is 0 Å². The lowest BCUT2D eigenvalue weighted by atomic mass is 9.77. The Kier molecular flexibility index (Phi) is 7.86. The summed E-state index contributed by atoms with van der Waals surface area (Å²) in [6.07, 6.45) is 9.96. The van der Waals surface area contributed by atoms with Gasteiger partial charge in [-0.1, -0.05) is 44.4 Å². The van der Waals surface area contributed by atoms with Crippen LogP contribution >= 0.6 is 11.3 Å². The minimum absolute atomic E-state index is 0.0411. The van der Waals surface area contributed by atoms with Gasteiger partial charge in [0, 0.05) is 17.4 Å². The van der Waals surface area contributed by atoms with Gasteiger partial charge in [-0.05, 0) is 64.9 Å². The zero-order chi connectivity index (χ0) is 22.6. The first-order chi connectivity index (χ1) is 14.7. The molecule has 1 saturated carbocycles. The fourth-order valence-corrected chi connectivity index (χ4v) is 5.89. The summed E-state index contributed by atoms with van der Waals surface area (Å²) >= 11 is 1.35. The summed E-state index contributed by atoms with van der Waals surface area (Å²) in [5.74, 6) is 6.84. The number of amides is 1. The molecule has 2 fully saturated rings. The highest BCUT2D eigenvalue weighted by Gasteiger charge is 2.41. The van der Waals surface area contributed by atoms with Crippen LogP contribution in [0.3, 0.4) is 0 Å². The Morgan fingerprint density at radius 3 is 2.52 bits per heavy atom. The summed E-state index contributed by atoms with van der Waals surface area (Å²) in [7, 11) is 1.41. The van der Waals surface area contributed by atoms with E-state index in [9.17, 15) is 9.59 Å². The van der Waals surface area contributed by atoms with Crippen molar-refractivity contribution in [2.24, 2.45) is 17.3 Å². The van der Waals surface area contributed by atoms with Crippen LogP contribution in [-0.4, -0.2) is 25.0 Å². The lowest BCUT2D eigenvalue weighted by Gasteiger charge is -2.44. The lowest BCUT2D eigenvalue weighted by Crippen LogP contribution is -2.52. The van der Waals surface area contributed by atoms with Crippen LogP contribution in [0.5, 0.6) is 0 Å². The van der Waals surface area contributed by atoms with Crippen molar-refractivity contribution in [3.05, 3.63) is 15.8 Å². The average molecular weight is 444 g/mol. The summed E-state index contributed by atoms with van der Waals surface area (Å²) in [4.78, 5) is 29.7. The number of carbonyl (C=O) groups excluding carboxylic acids is 2. The molecule has 170 valence electrons. The Morgan fingerprint density at radius 2 is 1.90 bits per heavy atom. The summed E-state index contributed by atoms with van der Waals surface area (Å²) in [6.45, 7) is 8.34. The lowest BCUT2D eigenvalue weighted by molar-refractivity contribution is -0.125. The molecule has 1 aliphatic heterocycles. The summed E-state index contributed by atoms with van der Waals surface area (Å²) in [5, 5.41) is 0. The number of thiophene rings is 1. The van der Waals surface area contributed by atoms with E-state index >= 15 is 0 Å². The summed E-state index contributed by atoms with van der Waals surface area (Å²) < 4.78 is 5.10. The Labute approximate surface area is 191 Å². The zero-order valence-corrected chi connectivity index (χ0v) is 20.6. The van der Waals surface area contributed by atoms with Gasteiger partial charge in [-0.3, -0.25) is 4.79 Å². The monoisotopic (exact) mass is 443 g/mol. The van der Waals surface area contributed by atoms with E-state index in [1.165, 1.54) is 50.6 Å². The molecule has 1 aromatic rings. The van der Waals surface area contributed by atoms with Crippen LogP contribution in [0.15, 0.2) is 6.07 Å². The number of piperidine rings is 1. The SMILES string of the molecule is CCC[C@H]1CCC(C2CCCCC2)N(c2cc(C#CC(C)(C)C)sc2C(=O)OC)C1=O. The second-order valence-electron chi connectivity index (χ2n) is 10.1. The van der Waals surface area contributed by atoms with Gasteiger partial charge in [-0.2, -0.15) is 0 Å². The number of hydrogen-bond donors (Lipinski definition) is 0. The maximum atomic E-state index is 13.7. The van der Waals surface area contributed by atoms with Gasteiger partial charge in [0.1, 0.15) is 4.88 Å². The van der Waals surface area contributed by atoms with Crippen LogP contribution in [0.25, 0.3) is 0 Å². The van der Waals surface area contributed by atoms with E-state index in [1.54, 1.807) is 0 Å². The Balaban J connectivity index is 2.05. The van der Waals surface area contributed by atoms with E-state index in [1.807, 2.05) is 11.0 Å². The Bertz CT molecular complexity index is 848. The molecule has 3 rings (SSSR count). The third kappa shape index (κ3) is 5.71. The van der Waals surface area contributed by atoms with Crippen LogP contribution in [0.4, 0.5) is 5.69 Å². The molecule has 4 nitrogen and oxygen atoms in total. The van der Waals surface area contributed by atoms with Gasteiger partial charge in [0.05, 0.1) is 17.7 Å². The van der Waals surface area contributed by atoms with Gasteiger partial charge in [-0.25, -0.2) is 4.79 Å².